The van der Waals surface area contributed by atoms with Gasteiger partial charge in [0.05, 0.1) is 30.4 Å². The molecule has 2 amide bonds. The van der Waals surface area contributed by atoms with Crippen LogP contribution in [-0.4, -0.2) is 63.9 Å². The third-order valence-corrected chi connectivity index (χ3v) is 7.33. The van der Waals surface area contributed by atoms with Crippen molar-refractivity contribution in [2.45, 2.75) is 119 Å². The van der Waals surface area contributed by atoms with E-state index in [4.69, 9.17) is 9.47 Å². The number of carbonyl (C=O) groups excluding carboxylic acids is 2. The lowest BCUT2D eigenvalue weighted by atomic mass is 9.74. The highest BCUT2D eigenvalue weighted by atomic mass is 16.6. The Bertz CT molecular complexity index is 1360. The van der Waals surface area contributed by atoms with Crippen molar-refractivity contribution < 1.29 is 19.1 Å². The number of unbranched alkanes of at least 4 members (excludes halogenated alkanes) is 2. The van der Waals surface area contributed by atoms with Gasteiger partial charge in [0.25, 0.3) is 0 Å². The van der Waals surface area contributed by atoms with Gasteiger partial charge in [-0.05, 0) is 72.1 Å². The van der Waals surface area contributed by atoms with Crippen LogP contribution < -0.4 is 20.9 Å². The van der Waals surface area contributed by atoms with E-state index in [1.807, 2.05) is 26.8 Å². The van der Waals surface area contributed by atoms with Gasteiger partial charge in [0.2, 0.25) is 11.8 Å². The Hall–Kier alpha value is -4.25. The minimum Gasteiger partial charge on any atom is -0.477 e. The summed E-state index contributed by atoms with van der Waals surface area (Å²) in [6.07, 6.45) is 19.1. The van der Waals surface area contributed by atoms with Crippen LogP contribution in [0.15, 0.2) is 72.4 Å². The summed E-state index contributed by atoms with van der Waals surface area (Å²) in [5.41, 5.74) is 6.56. The molecule has 2 heterocycles. The first kappa shape index (κ1) is 43.8. The standard InChI is InChI=1S/C31H43N7O4.2C4H10/c1-9-12-26(34-22(5)36-37-24-15-16-24)31(19-38(20-31)29(40)42-30(6,7)8)28(39)33-21(4)13-14-23(10-2)25-17-32-18-27(35-25)41-11-3;2*1-3-4-2/h9-10,12-14,17-18,24,36-37H,4-5,11,15-16,19-20H2,1-3,6-8H3,(H,33,39);2*3-4H2,1-2H3/b12-9-,14-13-,23-10+,34-26+;;. The van der Waals surface area contributed by atoms with E-state index in [1.165, 1.54) is 30.6 Å². The highest BCUT2D eigenvalue weighted by Gasteiger charge is 2.55. The largest absolute Gasteiger partial charge is 0.477 e. The van der Waals surface area contributed by atoms with E-state index in [0.717, 1.165) is 18.4 Å². The summed E-state index contributed by atoms with van der Waals surface area (Å²) in [6.45, 7) is 28.4. The maximum Gasteiger partial charge on any atom is 0.410 e. The molecule has 11 heteroatoms. The predicted molar refractivity (Wildman–Crippen MR) is 205 cm³/mol. The molecule has 0 unspecified atom stereocenters. The monoisotopic (exact) mass is 693 g/mol. The molecule has 0 radical (unpaired) electrons. The first-order chi connectivity index (χ1) is 23.7. The zero-order chi connectivity index (χ0) is 37.7. The minimum absolute atomic E-state index is 0.0805. The van der Waals surface area contributed by atoms with Crippen molar-refractivity contribution in [2.24, 2.45) is 10.4 Å². The van der Waals surface area contributed by atoms with Gasteiger partial charge in [0.15, 0.2) is 0 Å². The molecular weight excluding hydrogens is 630 g/mol. The van der Waals surface area contributed by atoms with Gasteiger partial charge in [-0.3, -0.25) is 9.78 Å². The second kappa shape index (κ2) is 22.5. The Labute approximate surface area is 301 Å². The molecule has 2 aliphatic rings. The van der Waals surface area contributed by atoms with Crippen LogP contribution in [0.5, 0.6) is 5.88 Å². The van der Waals surface area contributed by atoms with Gasteiger partial charge in [0, 0.05) is 24.8 Å². The van der Waals surface area contributed by atoms with E-state index in [9.17, 15) is 9.59 Å². The molecule has 50 heavy (non-hydrogen) atoms. The van der Waals surface area contributed by atoms with Crippen molar-refractivity contribution in [2.75, 3.05) is 19.7 Å². The lowest BCUT2D eigenvalue weighted by molar-refractivity contribution is -0.133. The highest BCUT2D eigenvalue weighted by Crippen LogP contribution is 2.35. The Kier molecular flexibility index (Phi) is 19.7. The number of hydrogen-bond acceptors (Lipinski definition) is 9. The van der Waals surface area contributed by atoms with Crippen LogP contribution in [0.3, 0.4) is 0 Å². The van der Waals surface area contributed by atoms with Crippen LogP contribution in [0.2, 0.25) is 0 Å². The number of hydrogen-bond donors (Lipinski definition) is 3. The van der Waals surface area contributed by atoms with Crippen molar-refractivity contribution in [1.29, 1.82) is 0 Å². The molecule has 3 N–H and O–H groups in total. The van der Waals surface area contributed by atoms with Crippen LogP contribution in [0.25, 0.3) is 5.57 Å². The third kappa shape index (κ3) is 15.5. The van der Waals surface area contributed by atoms with Gasteiger partial charge in [-0.1, -0.05) is 84.8 Å². The maximum absolute atomic E-state index is 13.9. The number of hydrazine groups is 1. The molecule has 1 aromatic heterocycles. The number of ether oxygens (including phenoxy) is 2. The summed E-state index contributed by atoms with van der Waals surface area (Å²) in [5.74, 6) is 0.442. The molecular formula is C39H63N7O4. The number of rotatable bonds is 15. The lowest BCUT2D eigenvalue weighted by Crippen LogP contribution is -2.68. The van der Waals surface area contributed by atoms with Gasteiger partial charge in [-0.15, -0.1) is 0 Å². The maximum atomic E-state index is 13.9. The molecule has 1 aromatic rings. The van der Waals surface area contributed by atoms with Crippen LogP contribution in [-0.2, 0) is 9.53 Å². The van der Waals surface area contributed by atoms with Crippen LogP contribution in [0.1, 0.15) is 113 Å². The zero-order valence-corrected chi connectivity index (χ0v) is 32.3. The molecule has 1 aliphatic heterocycles. The Morgan fingerprint density at radius 1 is 1.00 bits per heavy atom. The van der Waals surface area contributed by atoms with E-state index in [1.54, 1.807) is 57.5 Å². The summed E-state index contributed by atoms with van der Waals surface area (Å²) in [5, 5.41) is 2.90. The average molecular weight is 694 g/mol. The van der Waals surface area contributed by atoms with Crippen molar-refractivity contribution >= 4 is 23.3 Å². The van der Waals surface area contributed by atoms with E-state index < -0.39 is 17.1 Å². The molecule has 11 nitrogen and oxygen atoms in total. The number of aliphatic imine (C=N–C) groups is 1. The Morgan fingerprint density at radius 3 is 2.12 bits per heavy atom. The smallest absolute Gasteiger partial charge is 0.410 e. The Morgan fingerprint density at radius 2 is 1.62 bits per heavy atom. The van der Waals surface area contributed by atoms with E-state index in [-0.39, 0.29) is 19.0 Å². The summed E-state index contributed by atoms with van der Waals surface area (Å²) in [7, 11) is 0. The molecule has 1 saturated heterocycles. The molecule has 1 aliphatic carbocycles. The van der Waals surface area contributed by atoms with Crippen LogP contribution in [0.4, 0.5) is 4.79 Å². The fraction of sp³-hybridized carbons (Fsp3) is 0.564. The molecule has 2 fully saturated rings. The van der Waals surface area contributed by atoms with Crippen LogP contribution in [0, 0.1) is 5.41 Å². The molecule has 3 rings (SSSR count). The summed E-state index contributed by atoms with van der Waals surface area (Å²) >= 11 is 0. The van der Waals surface area contributed by atoms with E-state index >= 15 is 0 Å². The fourth-order valence-electron chi connectivity index (χ4n) is 4.06. The second-order valence-corrected chi connectivity index (χ2v) is 13.1. The van der Waals surface area contributed by atoms with Crippen molar-refractivity contribution in [3.63, 3.8) is 0 Å². The zero-order valence-electron chi connectivity index (χ0n) is 32.3. The number of allylic oxidation sites excluding steroid dienone is 6. The van der Waals surface area contributed by atoms with Crippen molar-refractivity contribution in [3.05, 3.63) is 73.1 Å². The van der Waals surface area contributed by atoms with Gasteiger partial charge in [0.1, 0.15) is 16.8 Å². The SMILES string of the molecule is C=C(/C=C\C(=C/C)c1cncc(OCC)n1)NC(=O)C1(C(/C=C\C)=N/C(=C)NNC2CC2)CN(C(=O)OC(C)(C)C)C1.CCCC.CCCC. The first-order valence-corrected chi connectivity index (χ1v) is 17.9. The number of nitrogens with zero attached hydrogens (tertiary/aromatic N) is 4. The van der Waals surface area contributed by atoms with Gasteiger partial charge in [-0.25, -0.2) is 20.2 Å². The minimum atomic E-state index is -1.15. The number of likely N-dealkylation sites (tertiary alicyclic amines) is 1. The van der Waals surface area contributed by atoms with Crippen molar-refractivity contribution in [1.82, 2.24) is 31.0 Å². The fourth-order valence-corrected chi connectivity index (χ4v) is 4.06. The van der Waals surface area contributed by atoms with Gasteiger partial charge < -0.3 is 25.1 Å². The van der Waals surface area contributed by atoms with Gasteiger partial charge in [-0.2, -0.15) is 0 Å². The molecule has 0 atom stereocenters. The van der Waals surface area contributed by atoms with Crippen LogP contribution >= 0.6 is 0 Å². The Balaban J connectivity index is 0.00000141. The average Bonchev–Trinajstić information content (AvgIpc) is 3.88. The topological polar surface area (TPSA) is 130 Å². The number of nitrogens with one attached hydrogen (secondary N) is 3. The lowest BCUT2D eigenvalue weighted by Gasteiger charge is -2.48. The highest BCUT2D eigenvalue weighted by molar-refractivity contribution is 6.16. The molecule has 0 spiro atoms. The molecule has 0 aromatic carbocycles. The number of carbonyl (C=O) groups is 2. The number of aromatic nitrogens is 2. The summed E-state index contributed by atoms with van der Waals surface area (Å²) in [4.78, 5) is 41.5. The first-order valence-electron chi connectivity index (χ1n) is 17.9. The predicted octanol–water partition coefficient (Wildman–Crippen LogP) is 8.06. The molecule has 1 saturated carbocycles. The van der Waals surface area contributed by atoms with E-state index in [2.05, 4.69) is 72.0 Å². The summed E-state index contributed by atoms with van der Waals surface area (Å²) in [6, 6.07) is 0.385. The molecule has 0 bridgehead atoms. The van der Waals surface area contributed by atoms with E-state index in [0.29, 0.717) is 41.5 Å². The summed E-state index contributed by atoms with van der Waals surface area (Å²) < 4.78 is 11.0. The molecule has 278 valence electrons. The van der Waals surface area contributed by atoms with Gasteiger partial charge >= 0.3 is 6.09 Å². The number of amides is 2. The quantitative estimate of drug-likeness (QED) is 0.0956. The third-order valence-electron chi connectivity index (χ3n) is 7.33. The second-order valence-electron chi connectivity index (χ2n) is 13.1. The van der Waals surface area contributed by atoms with Crippen molar-refractivity contribution in [3.8, 4) is 5.88 Å². The normalized spacial score (nSPS) is 15.6.